The van der Waals surface area contributed by atoms with Crippen LogP contribution in [0.5, 0.6) is 0 Å². The molecular formula is C4H5NO3S2. The number of rotatable bonds is 1. The average Bonchev–Trinajstić information content (AvgIpc) is 2.11. The summed E-state index contributed by atoms with van der Waals surface area (Å²) in [5.41, 5.74) is 0. The van der Waals surface area contributed by atoms with E-state index >= 15 is 0 Å². The third-order valence-electron chi connectivity index (χ3n) is 0.821. The van der Waals surface area contributed by atoms with Gasteiger partial charge in [-0.25, -0.2) is 4.98 Å². The van der Waals surface area contributed by atoms with Crippen molar-refractivity contribution in [2.45, 2.75) is 11.3 Å². The Balaban J connectivity index is 3.21. The van der Waals surface area contributed by atoms with Gasteiger partial charge in [-0.3, -0.25) is 4.55 Å². The number of thiazole rings is 1. The Hall–Kier alpha value is -0.460. The summed E-state index contributed by atoms with van der Waals surface area (Å²) in [4.78, 5) is 4.22. The van der Waals surface area contributed by atoms with Crippen molar-refractivity contribution < 1.29 is 13.0 Å². The fourth-order valence-corrected chi connectivity index (χ4v) is 1.94. The Morgan fingerprint density at radius 1 is 1.70 bits per heavy atom. The van der Waals surface area contributed by atoms with Crippen LogP contribution >= 0.6 is 11.3 Å². The Bertz CT molecular complexity index is 326. The largest absolute Gasteiger partial charge is 0.322 e. The van der Waals surface area contributed by atoms with Crippen molar-refractivity contribution in [2.75, 3.05) is 0 Å². The second kappa shape index (κ2) is 2.30. The summed E-state index contributed by atoms with van der Waals surface area (Å²) in [6, 6.07) is 0. The fourth-order valence-electron chi connectivity index (χ4n) is 0.453. The van der Waals surface area contributed by atoms with E-state index in [4.69, 9.17) is 4.55 Å². The molecular weight excluding hydrogens is 174 g/mol. The molecule has 1 N–H and O–H groups in total. The van der Waals surface area contributed by atoms with Crippen molar-refractivity contribution in [3.8, 4) is 0 Å². The van der Waals surface area contributed by atoms with E-state index in [1.54, 1.807) is 6.92 Å². The predicted molar refractivity (Wildman–Crippen MR) is 36.7 cm³/mol. The topological polar surface area (TPSA) is 67.3 Å². The molecule has 0 atom stereocenters. The number of aryl methyl sites for hydroxylation is 1. The van der Waals surface area contributed by atoms with E-state index in [2.05, 4.69) is 4.98 Å². The van der Waals surface area contributed by atoms with Gasteiger partial charge >= 0.3 is 10.1 Å². The number of hydrogen-bond donors (Lipinski definition) is 1. The highest BCUT2D eigenvalue weighted by Crippen LogP contribution is 2.15. The van der Waals surface area contributed by atoms with E-state index < -0.39 is 10.1 Å². The van der Waals surface area contributed by atoms with Gasteiger partial charge in [-0.05, 0) is 6.92 Å². The minimum absolute atomic E-state index is 0.245. The quantitative estimate of drug-likeness (QED) is 0.644. The molecule has 1 aromatic rings. The number of hydrogen-bond acceptors (Lipinski definition) is 4. The average molecular weight is 179 g/mol. The molecule has 0 amide bonds. The molecule has 0 aromatic carbocycles. The summed E-state index contributed by atoms with van der Waals surface area (Å²) in [7, 11) is -4.07. The van der Waals surface area contributed by atoms with E-state index in [1.165, 1.54) is 6.20 Å². The maximum absolute atomic E-state index is 10.3. The van der Waals surface area contributed by atoms with Gasteiger partial charge in [-0.15, -0.1) is 11.3 Å². The van der Waals surface area contributed by atoms with Gasteiger partial charge in [-0.2, -0.15) is 8.42 Å². The van der Waals surface area contributed by atoms with Crippen molar-refractivity contribution in [1.82, 2.24) is 4.98 Å². The van der Waals surface area contributed by atoms with Gasteiger partial charge < -0.3 is 0 Å². The van der Waals surface area contributed by atoms with Crippen molar-refractivity contribution in [3.63, 3.8) is 0 Å². The van der Waals surface area contributed by atoms with Crippen LogP contribution in [0.4, 0.5) is 0 Å². The van der Waals surface area contributed by atoms with E-state index in [0.29, 0.717) is 0 Å². The lowest BCUT2D eigenvalue weighted by molar-refractivity contribution is 0.482. The van der Waals surface area contributed by atoms with Gasteiger partial charge in [0.05, 0.1) is 0 Å². The summed E-state index contributed by atoms with van der Waals surface area (Å²) in [5, 5.41) is 0. The van der Waals surface area contributed by atoms with Gasteiger partial charge in [0.25, 0.3) is 0 Å². The molecule has 10 heavy (non-hydrogen) atoms. The van der Waals surface area contributed by atoms with Gasteiger partial charge in [0.2, 0.25) is 4.34 Å². The molecule has 0 aliphatic carbocycles. The standard InChI is InChI=1S/C4H5NO3S2/c1-3-2-5-4(9-3)10(6,7)8/h2H,1H3,(H,6,7,8). The van der Waals surface area contributed by atoms with Crippen LogP contribution in [0.15, 0.2) is 10.5 Å². The molecule has 6 heteroatoms. The second-order valence-electron chi connectivity index (χ2n) is 1.71. The summed E-state index contributed by atoms with van der Waals surface area (Å²) in [5.74, 6) is 0. The third kappa shape index (κ3) is 1.53. The molecule has 1 rings (SSSR count). The van der Waals surface area contributed by atoms with Gasteiger partial charge in [-0.1, -0.05) is 0 Å². The first-order chi connectivity index (χ1) is 4.50. The van der Waals surface area contributed by atoms with Gasteiger partial charge in [0.1, 0.15) is 0 Å². The van der Waals surface area contributed by atoms with Crippen molar-refractivity contribution >= 4 is 21.5 Å². The zero-order valence-corrected chi connectivity index (χ0v) is 6.74. The Labute approximate surface area is 62.3 Å². The van der Waals surface area contributed by atoms with Gasteiger partial charge in [0, 0.05) is 11.1 Å². The molecule has 0 bridgehead atoms. The normalized spacial score (nSPS) is 11.8. The van der Waals surface area contributed by atoms with E-state index in [0.717, 1.165) is 16.2 Å². The Morgan fingerprint density at radius 2 is 2.30 bits per heavy atom. The lowest BCUT2D eigenvalue weighted by Crippen LogP contribution is -1.95. The Kier molecular flexibility index (Phi) is 1.76. The molecule has 0 spiro atoms. The first kappa shape index (κ1) is 7.64. The van der Waals surface area contributed by atoms with Crippen LogP contribution in [-0.2, 0) is 10.1 Å². The highest BCUT2D eigenvalue weighted by atomic mass is 32.3. The summed E-state index contributed by atoms with van der Waals surface area (Å²) in [6.07, 6.45) is 1.40. The lowest BCUT2D eigenvalue weighted by atomic mass is 10.7. The molecule has 0 radical (unpaired) electrons. The SMILES string of the molecule is Cc1cnc(S(=O)(=O)O)s1. The number of aromatic nitrogens is 1. The zero-order valence-electron chi connectivity index (χ0n) is 5.10. The van der Waals surface area contributed by atoms with Crippen molar-refractivity contribution in [1.29, 1.82) is 0 Å². The van der Waals surface area contributed by atoms with Crippen LogP contribution in [0, 0.1) is 6.92 Å². The third-order valence-corrected chi connectivity index (χ3v) is 2.96. The lowest BCUT2D eigenvalue weighted by Gasteiger charge is -1.83. The molecule has 56 valence electrons. The van der Waals surface area contributed by atoms with Crippen LogP contribution in [-0.4, -0.2) is 18.0 Å². The smallest absolute Gasteiger partial charge is 0.280 e. The monoisotopic (exact) mass is 179 g/mol. The first-order valence-corrected chi connectivity index (χ1v) is 4.66. The van der Waals surface area contributed by atoms with Crippen LogP contribution in [0.2, 0.25) is 0 Å². The molecule has 0 aliphatic rings. The minimum Gasteiger partial charge on any atom is -0.280 e. The zero-order chi connectivity index (χ0) is 7.78. The molecule has 1 aromatic heterocycles. The van der Waals surface area contributed by atoms with Crippen LogP contribution in [0.25, 0.3) is 0 Å². The molecule has 0 fully saturated rings. The van der Waals surface area contributed by atoms with Crippen molar-refractivity contribution in [3.05, 3.63) is 11.1 Å². The predicted octanol–water partition coefficient (Wildman–Crippen LogP) is 0.698. The van der Waals surface area contributed by atoms with Crippen molar-refractivity contribution in [2.24, 2.45) is 0 Å². The molecule has 0 saturated heterocycles. The summed E-state index contributed by atoms with van der Waals surface area (Å²) in [6.45, 7) is 1.71. The fraction of sp³-hybridized carbons (Fsp3) is 0.250. The highest BCUT2D eigenvalue weighted by molar-refractivity contribution is 7.88. The maximum Gasteiger partial charge on any atom is 0.322 e. The summed E-state index contributed by atoms with van der Waals surface area (Å²) >= 11 is 0.946. The minimum atomic E-state index is -4.07. The number of nitrogens with zero attached hydrogens (tertiary/aromatic N) is 1. The van der Waals surface area contributed by atoms with E-state index in [9.17, 15) is 8.42 Å². The highest BCUT2D eigenvalue weighted by Gasteiger charge is 2.12. The van der Waals surface area contributed by atoms with E-state index in [-0.39, 0.29) is 4.34 Å². The maximum atomic E-state index is 10.3. The summed E-state index contributed by atoms with van der Waals surface area (Å²) < 4.78 is 28.9. The van der Waals surface area contributed by atoms with Crippen LogP contribution in [0.3, 0.4) is 0 Å². The van der Waals surface area contributed by atoms with Crippen LogP contribution in [0.1, 0.15) is 4.88 Å². The molecule has 0 saturated carbocycles. The van der Waals surface area contributed by atoms with Crippen LogP contribution < -0.4 is 0 Å². The van der Waals surface area contributed by atoms with Gasteiger partial charge in [0.15, 0.2) is 0 Å². The molecule has 4 nitrogen and oxygen atoms in total. The molecule has 0 unspecified atom stereocenters. The first-order valence-electron chi connectivity index (χ1n) is 2.40. The Morgan fingerprint density at radius 3 is 2.50 bits per heavy atom. The molecule has 0 aliphatic heterocycles. The molecule has 1 heterocycles. The van der Waals surface area contributed by atoms with E-state index in [1.807, 2.05) is 0 Å². The second-order valence-corrected chi connectivity index (χ2v) is 4.54.